The van der Waals surface area contributed by atoms with Gasteiger partial charge in [0.05, 0.1) is 22.6 Å². The molecular formula is C52H64N2O6. The molecule has 4 fully saturated rings. The van der Waals surface area contributed by atoms with Gasteiger partial charge in [-0.25, -0.2) is 0 Å². The van der Waals surface area contributed by atoms with Crippen molar-refractivity contribution in [1.82, 2.24) is 9.78 Å². The van der Waals surface area contributed by atoms with Crippen LogP contribution >= 0.6 is 0 Å². The Balaban J connectivity index is 1.15. The number of Topliss-reactive ketones (excluding diaryl/α,β-unsaturated/α-hetero) is 1. The lowest BCUT2D eigenvalue weighted by atomic mass is 9.33. The fourth-order valence-corrected chi connectivity index (χ4v) is 13.8. The Bertz CT molecular complexity index is 2210. The maximum Gasteiger partial charge on any atom is 0.314 e. The number of hydrogen-bond acceptors (Lipinski definition) is 7. The first-order chi connectivity index (χ1) is 28.4. The molecular weight excluding hydrogens is 749 g/mol. The zero-order valence-electron chi connectivity index (χ0n) is 37.0. The summed E-state index contributed by atoms with van der Waals surface area (Å²) in [6.07, 6.45) is 10.1. The summed E-state index contributed by atoms with van der Waals surface area (Å²) in [7, 11) is 0. The molecule has 8 heteroatoms. The minimum Gasteiger partial charge on any atom is -0.461 e. The molecule has 0 spiro atoms. The molecule has 5 aliphatic rings. The van der Waals surface area contributed by atoms with Crippen LogP contribution in [0.25, 0.3) is 0 Å². The van der Waals surface area contributed by atoms with Crippen LogP contribution in [0.15, 0.2) is 91.0 Å². The number of fused-ring (bicyclic) bond motifs is 7. The number of ketones is 2. The van der Waals surface area contributed by atoms with Gasteiger partial charge in [-0.1, -0.05) is 107 Å². The predicted octanol–water partition coefficient (Wildman–Crippen LogP) is 11.0. The summed E-state index contributed by atoms with van der Waals surface area (Å²) in [5.74, 6) is -0.946. The van der Waals surface area contributed by atoms with Crippen LogP contribution in [0.4, 0.5) is 0 Å². The molecule has 5 aliphatic carbocycles. The predicted molar refractivity (Wildman–Crippen MR) is 232 cm³/mol. The maximum absolute atomic E-state index is 15.3. The van der Waals surface area contributed by atoms with Crippen molar-refractivity contribution in [2.24, 2.45) is 50.2 Å². The first kappa shape index (κ1) is 42.1. The van der Waals surface area contributed by atoms with Crippen molar-refractivity contribution in [3.05, 3.63) is 114 Å². The normalized spacial score (nSPS) is 37.1. The Labute approximate surface area is 356 Å². The van der Waals surface area contributed by atoms with E-state index in [9.17, 15) is 14.4 Å². The van der Waals surface area contributed by atoms with Crippen molar-refractivity contribution in [3.8, 4) is 0 Å². The summed E-state index contributed by atoms with van der Waals surface area (Å²) in [6.45, 7) is 20.8. The maximum atomic E-state index is 15.3. The molecule has 8 rings (SSSR count). The van der Waals surface area contributed by atoms with E-state index in [4.69, 9.17) is 14.6 Å². The number of esters is 2. The van der Waals surface area contributed by atoms with Crippen LogP contribution in [0.2, 0.25) is 0 Å². The zero-order valence-corrected chi connectivity index (χ0v) is 37.0. The van der Waals surface area contributed by atoms with Crippen molar-refractivity contribution in [3.63, 3.8) is 0 Å². The van der Waals surface area contributed by atoms with Crippen LogP contribution in [-0.2, 0) is 23.9 Å². The molecule has 0 bridgehead atoms. The van der Waals surface area contributed by atoms with Gasteiger partial charge in [0, 0.05) is 12.8 Å². The molecule has 60 heavy (non-hydrogen) atoms. The molecule has 2 aromatic carbocycles. The fourth-order valence-electron chi connectivity index (χ4n) is 13.8. The first-order valence-corrected chi connectivity index (χ1v) is 22.3. The number of aromatic nitrogens is 2. The minimum absolute atomic E-state index is 0.0458. The zero-order chi connectivity index (χ0) is 43.0. The summed E-state index contributed by atoms with van der Waals surface area (Å²) in [4.78, 5) is 57.5. The Morgan fingerprint density at radius 2 is 1.50 bits per heavy atom. The van der Waals surface area contributed by atoms with Gasteiger partial charge in [-0.2, -0.15) is 5.10 Å². The lowest BCUT2D eigenvalue weighted by molar-refractivity contribution is -0.208. The van der Waals surface area contributed by atoms with E-state index < -0.39 is 28.4 Å². The van der Waals surface area contributed by atoms with Crippen LogP contribution in [0.1, 0.15) is 146 Å². The Hall–Kier alpha value is -4.59. The van der Waals surface area contributed by atoms with E-state index in [0.717, 1.165) is 55.3 Å². The molecule has 1 heterocycles. The van der Waals surface area contributed by atoms with E-state index in [0.29, 0.717) is 25.0 Å². The second-order valence-electron chi connectivity index (χ2n) is 20.8. The van der Waals surface area contributed by atoms with Crippen molar-refractivity contribution in [2.45, 2.75) is 125 Å². The van der Waals surface area contributed by atoms with Crippen LogP contribution in [0.5, 0.6) is 0 Å². The molecule has 0 aliphatic heterocycles. The number of hydrogen-bond donors (Lipinski definition) is 0. The number of aryl methyl sites for hydroxylation is 1. The molecule has 10 atom stereocenters. The van der Waals surface area contributed by atoms with Crippen LogP contribution in [0.3, 0.4) is 0 Å². The third-order valence-electron chi connectivity index (χ3n) is 17.4. The van der Waals surface area contributed by atoms with Gasteiger partial charge in [0.25, 0.3) is 0 Å². The number of nitrogens with zero attached hydrogens (tertiary/aromatic N) is 2. The number of benzene rings is 2. The van der Waals surface area contributed by atoms with E-state index in [1.807, 2.05) is 80.6 Å². The molecule has 0 amide bonds. The van der Waals surface area contributed by atoms with Crippen molar-refractivity contribution in [2.75, 3.05) is 6.61 Å². The first-order valence-electron chi connectivity index (χ1n) is 22.3. The SMILES string of the molecule is C=CCOC(=O)[C@]1(C)[C@@H](n2nc(C)cc2C(C)=O)CC[C@@]2(C)[C@H]1CC[C@]1(C)[C@@H]2C(=O)C=C2[C@@H]3C[C@@](C)(C(=O)OC(c4ccccc4)c4ccccc4)CC[C@]3(C)CC[C@]21C. The lowest BCUT2D eigenvalue weighted by Gasteiger charge is -2.70. The molecule has 4 saturated carbocycles. The van der Waals surface area contributed by atoms with E-state index in [1.165, 1.54) is 5.57 Å². The van der Waals surface area contributed by atoms with Crippen LogP contribution in [-0.4, -0.2) is 39.9 Å². The van der Waals surface area contributed by atoms with Gasteiger partial charge in [-0.15, -0.1) is 0 Å². The molecule has 8 nitrogen and oxygen atoms in total. The van der Waals surface area contributed by atoms with Crippen molar-refractivity contribution < 1.29 is 28.7 Å². The number of ether oxygens (including phenoxy) is 2. The number of allylic oxidation sites excluding steroid dienone is 2. The summed E-state index contributed by atoms with van der Waals surface area (Å²) < 4.78 is 14.3. The number of rotatable bonds is 9. The Morgan fingerprint density at radius 3 is 2.12 bits per heavy atom. The van der Waals surface area contributed by atoms with Gasteiger partial charge in [0.15, 0.2) is 17.7 Å². The number of carbonyl (C=O) groups excluding carboxylic acids is 4. The summed E-state index contributed by atoms with van der Waals surface area (Å²) in [5.41, 5.74) is 1.27. The van der Waals surface area contributed by atoms with Gasteiger partial charge in [-0.3, -0.25) is 23.9 Å². The second-order valence-corrected chi connectivity index (χ2v) is 20.8. The quantitative estimate of drug-likeness (QED) is 0.120. The monoisotopic (exact) mass is 812 g/mol. The smallest absolute Gasteiger partial charge is 0.314 e. The summed E-state index contributed by atoms with van der Waals surface area (Å²) >= 11 is 0. The standard InChI is InChI=1S/C52H64N2O6/c1-10-29-59-46(58)52(9)41-21-24-51(8)44(49(41,6)23-22-42(52)54-39(34(3)55)30-33(2)53-54)40(56)31-37-38-32-48(5,26-25-47(38,4)27-28-50(37,51)7)45(57)60-43(35-17-13-11-14-18-35)36-19-15-12-16-20-36/h10-20,30-31,38,41-44H,1,21-29,32H2,2-9H3/t38-,41+,42-,44+,47+,48-,49-,50+,51+,52-/m0/s1. The van der Waals surface area contributed by atoms with E-state index in [-0.39, 0.29) is 64.1 Å². The second kappa shape index (κ2) is 14.8. The van der Waals surface area contributed by atoms with Crippen molar-refractivity contribution in [1.29, 1.82) is 0 Å². The summed E-state index contributed by atoms with van der Waals surface area (Å²) in [6, 6.07) is 21.3. The summed E-state index contributed by atoms with van der Waals surface area (Å²) in [5, 5.41) is 4.82. The van der Waals surface area contributed by atoms with Gasteiger partial charge in [0.1, 0.15) is 12.3 Å². The van der Waals surface area contributed by atoms with Crippen LogP contribution in [0, 0.1) is 57.2 Å². The molecule has 3 aromatic rings. The molecule has 1 aromatic heterocycles. The highest BCUT2D eigenvalue weighted by molar-refractivity contribution is 5.96. The molecule has 318 valence electrons. The number of carbonyl (C=O) groups is 4. The average molecular weight is 813 g/mol. The van der Waals surface area contributed by atoms with E-state index >= 15 is 4.79 Å². The fraction of sp³-hybridized carbons (Fsp3) is 0.558. The lowest BCUT2D eigenvalue weighted by Crippen LogP contribution is -2.67. The Morgan fingerprint density at radius 1 is 0.867 bits per heavy atom. The largest absolute Gasteiger partial charge is 0.461 e. The van der Waals surface area contributed by atoms with E-state index in [1.54, 1.807) is 23.7 Å². The van der Waals surface area contributed by atoms with Gasteiger partial charge in [-0.05, 0) is 135 Å². The minimum atomic E-state index is -1.06. The van der Waals surface area contributed by atoms with Gasteiger partial charge < -0.3 is 9.47 Å². The topological polar surface area (TPSA) is 105 Å². The molecule has 0 saturated heterocycles. The van der Waals surface area contributed by atoms with Gasteiger partial charge >= 0.3 is 11.9 Å². The third-order valence-corrected chi connectivity index (χ3v) is 17.4. The third kappa shape index (κ3) is 6.23. The van der Waals surface area contributed by atoms with Gasteiger partial charge in [0.2, 0.25) is 0 Å². The Kier molecular flexibility index (Phi) is 10.4. The van der Waals surface area contributed by atoms with Crippen molar-refractivity contribution >= 4 is 23.5 Å². The average Bonchev–Trinajstić information content (AvgIpc) is 3.62. The highest BCUT2D eigenvalue weighted by atomic mass is 16.5. The van der Waals surface area contributed by atoms with E-state index in [2.05, 4.69) is 41.2 Å². The molecule has 0 unspecified atom stereocenters. The highest BCUT2D eigenvalue weighted by Crippen LogP contribution is 2.76. The highest BCUT2D eigenvalue weighted by Gasteiger charge is 2.72. The molecule has 0 N–H and O–H groups in total. The van der Waals surface area contributed by atoms with Crippen LogP contribution < -0.4 is 0 Å². The molecule has 0 radical (unpaired) electrons.